The van der Waals surface area contributed by atoms with Crippen LogP contribution in [0.25, 0.3) is 6.08 Å². The Hall–Kier alpha value is -2.25. The molecule has 0 aliphatic carbocycles. The van der Waals surface area contributed by atoms with Gasteiger partial charge in [-0.1, -0.05) is 18.2 Å². The molecule has 0 saturated carbocycles. The molecule has 3 rings (SSSR count). The third-order valence-electron chi connectivity index (χ3n) is 3.60. The van der Waals surface area contributed by atoms with E-state index in [4.69, 9.17) is 9.47 Å². The van der Waals surface area contributed by atoms with Gasteiger partial charge in [0.1, 0.15) is 11.5 Å². The van der Waals surface area contributed by atoms with Crippen molar-refractivity contribution in [3.63, 3.8) is 0 Å². The monoisotopic (exact) mass is 419 g/mol. The summed E-state index contributed by atoms with van der Waals surface area (Å²) < 4.78 is 11.3. The number of halogens is 1. The summed E-state index contributed by atoms with van der Waals surface area (Å²) in [5, 5.41) is -0.325. The number of para-hydroxylation sites is 1. The van der Waals surface area contributed by atoms with Gasteiger partial charge in [0.05, 0.1) is 29.3 Å². The van der Waals surface area contributed by atoms with E-state index < -0.39 is 0 Å². The van der Waals surface area contributed by atoms with Crippen molar-refractivity contribution in [3.8, 4) is 11.5 Å². The predicted octanol–water partition coefficient (Wildman–Crippen LogP) is 4.71. The maximum atomic E-state index is 12.7. The number of hydrogen-bond acceptors (Lipinski definition) is 5. The van der Waals surface area contributed by atoms with Crippen LogP contribution in [0.2, 0.25) is 0 Å². The summed E-state index contributed by atoms with van der Waals surface area (Å²) >= 11 is 4.32. The molecule has 2 amide bonds. The smallest absolute Gasteiger partial charge is 0.298 e. The standard InChI is InChI=1S/C18H14BrNO4S/c1-23-14-10-15(24-2)13(19)8-11(14)9-16-17(21)20(18(22)25-16)12-6-4-3-5-7-12/h3-10H,1-2H3/b16-9-. The highest BCUT2D eigenvalue weighted by molar-refractivity contribution is 9.10. The molecule has 0 N–H and O–H groups in total. The van der Waals surface area contributed by atoms with Crippen LogP contribution in [0.3, 0.4) is 0 Å². The Kier molecular flexibility index (Phi) is 5.15. The van der Waals surface area contributed by atoms with Gasteiger partial charge >= 0.3 is 0 Å². The molecular weight excluding hydrogens is 406 g/mol. The molecule has 2 aromatic rings. The van der Waals surface area contributed by atoms with Crippen LogP contribution >= 0.6 is 27.7 Å². The molecule has 1 heterocycles. The van der Waals surface area contributed by atoms with Gasteiger partial charge in [-0.05, 0) is 52.0 Å². The first kappa shape index (κ1) is 17.6. The Labute approximate surface area is 157 Å². The molecule has 0 spiro atoms. The second kappa shape index (κ2) is 7.33. The molecule has 2 aromatic carbocycles. The largest absolute Gasteiger partial charge is 0.496 e. The Morgan fingerprint density at radius 1 is 1.04 bits per heavy atom. The summed E-state index contributed by atoms with van der Waals surface area (Å²) in [5.74, 6) is 0.813. The van der Waals surface area contributed by atoms with Crippen molar-refractivity contribution in [2.24, 2.45) is 0 Å². The average molecular weight is 420 g/mol. The van der Waals surface area contributed by atoms with Gasteiger partial charge in [0.15, 0.2) is 0 Å². The van der Waals surface area contributed by atoms with Crippen LogP contribution in [0.15, 0.2) is 51.8 Å². The van der Waals surface area contributed by atoms with Crippen molar-refractivity contribution in [2.45, 2.75) is 0 Å². The van der Waals surface area contributed by atoms with Crippen molar-refractivity contribution in [1.82, 2.24) is 0 Å². The first-order chi connectivity index (χ1) is 12.0. The number of amides is 2. The lowest BCUT2D eigenvalue weighted by atomic mass is 10.1. The number of methoxy groups -OCH3 is 2. The molecule has 1 aliphatic rings. The third kappa shape index (κ3) is 3.43. The lowest BCUT2D eigenvalue weighted by molar-refractivity contribution is -0.113. The maximum absolute atomic E-state index is 12.7. The number of carbonyl (C=O) groups is 2. The molecule has 0 aromatic heterocycles. The van der Waals surface area contributed by atoms with Crippen molar-refractivity contribution < 1.29 is 19.1 Å². The van der Waals surface area contributed by atoms with Crippen molar-refractivity contribution in [2.75, 3.05) is 19.1 Å². The first-order valence-corrected chi connectivity index (χ1v) is 8.90. The highest BCUT2D eigenvalue weighted by atomic mass is 79.9. The quantitative estimate of drug-likeness (QED) is 0.671. The molecule has 25 heavy (non-hydrogen) atoms. The molecule has 0 atom stereocenters. The third-order valence-corrected chi connectivity index (χ3v) is 5.09. The lowest BCUT2D eigenvalue weighted by Crippen LogP contribution is -2.27. The number of thioether (sulfide) groups is 1. The number of nitrogens with zero attached hydrogens (tertiary/aromatic N) is 1. The fraction of sp³-hybridized carbons (Fsp3) is 0.111. The second-order valence-electron chi connectivity index (χ2n) is 5.08. The fourth-order valence-corrected chi connectivity index (χ4v) is 3.76. The highest BCUT2D eigenvalue weighted by Gasteiger charge is 2.36. The van der Waals surface area contributed by atoms with E-state index in [9.17, 15) is 9.59 Å². The Morgan fingerprint density at radius 3 is 2.36 bits per heavy atom. The number of carbonyl (C=O) groups excluding carboxylic acids is 2. The van der Waals surface area contributed by atoms with Crippen LogP contribution in [0.5, 0.6) is 11.5 Å². The molecule has 0 unspecified atom stereocenters. The van der Waals surface area contributed by atoms with Gasteiger partial charge in [-0.25, -0.2) is 4.90 Å². The van der Waals surface area contributed by atoms with Crippen molar-refractivity contribution in [3.05, 3.63) is 57.4 Å². The van der Waals surface area contributed by atoms with Gasteiger partial charge in [-0.15, -0.1) is 0 Å². The molecule has 5 nitrogen and oxygen atoms in total. The normalized spacial score (nSPS) is 15.8. The first-order valence-electron chi connectivity index (χ1n) is 7.29. The van der Waals surface area contributed by atoms with Gasteiger partial charge in [-0.3, -0.25) is 9.59 Å². The van der Waals surface area contributed by atoms with Crippen LogP contribution < -0.4 is 14.4 Å². The number of rotatable bonds is 4. The van der Waals surface area contributed by atoms with E-state index in [1.165, 1.54) is 12.0 Å². The van der Waals surface area contributed by atoms with Crippen LogP contribution in [-0.4, -0.2) is 25.4 Å². The summed E-state index contributed by atoms with van der Waals surface area (Å²) in [7, 11) is 3.10. The molecule has 0 radical (unpaired) electrons. The van der Waals surface area contributed by atoms with E-state index in [2.05, 4.69) is 15.9 Å². The van der Waals surface area contributed by atoms with Gasteiger partial charge in [0.2, 0.25) is 0 Å². The van der Waals surface area contributed by atoms with Crippen LogP contribution in [0, 0.1) is 0 Å². The molecule has 1 fully saturated rings. The molecule has 0 bridgehead atoms. The Balaban J connectivity index is 1.99. The number of benzene rings is 2. The molecular formula is C18H14BrNO4S. The molecule has 7 heteroatoms. The zero-order valence-corrected chi connectivity index (χ0v) is 15.9. The minimum atomic E-state index is -0.352. The Morgan fingerprint density at radius 2 is 1.72 bits per heavy atom. The van der Waals surface area contributed by atoms with E-state index in [0.717, 1.165) is 16.2 Å². The summed E-state index contributed by atoms with van der Waals surface area (Å²) in [6.07, 6.45) is 1.65. The van der Waals surface area contributed by atoms with E-state index in [0.29, 0.717) is 27.7 Å². The zero-order valence-electron chi connectivity index (χ0n) is 13.5. The molecule has 1 aliphatic heterocycles. The summed E-state index contributed by atoms with van der Waals surface area (Å²) in [6.45, 7) is 0. The summed E-state index contributed by atoms with van der Waals surface area (Å²) in [6, 6.07) is 12.4. The van der Waals surface area contributed by atoms with E-state index in [-0.39, 0.29) is 11.1 Å². The fourth-order valence-electron chi connectivity index (χ4n) is 2.40. The number of ether oxygens (including phenoxy) is 2. The topological polar surface area (TPSA) is 55.8 Å². The minimum Gasteiger partial charge on any atom is -0.496 e. The van der Waals surface area contributed by atoms with Crippen LogP contribution in [-0.2, 0) is 4.79 Å². The second-order valence-corrected chi connectivity index (χ2v) is 6.93. The van der Waals surface area contributed by atoms with Crippen LogP contribution in [0.4, 0.5) is 10.5 Å². The number of imide groups is 1. The van der Waals surface area contributed by atoms with Crippen molar-refractivity contribution >= 4 is 50.6 Å². The number of hydrogen-bond donors (Lipinski definition) is 0. The molecule has 128 valence electrons. The Bertz CT molecular complexity index is 867. The SMILES string of the molecule is COc1cc(OC)c(/C=C2\SC(=O)N(c3ccccc3)C2=O)cc1Br. The number of anilines is 1. The minimum absolute atomic E-state index is 0.325. The van der Waals surface area contributed by atoms with Crippen molar-refractivity contribution in [1.29, 1.82) is 0 Å². The zero-order chi connectivity index (χ0) is 18.0. The van der Waals surface area contributed by atoms with Gasteiger partial charge in [0, 0.05) is 11.6 Å². The summed E-state index contributed by atoms with van der Waals surface area (Å²) in [5.41, 5.74) is 1.23. The van der Waals surface area contributed by atoms with Gasteiger partial charge in [-0.2, -0.15) is 0 Å². The average Bonchev–Trinajstić information content (AvgIpc) is 2.89. The van der Waals surface area contributed by atoms with Crippen LogP contribution in [0.1, 0.15) is 5.56 Å². The van der Waals surface area contributed by atoms with E-state index in [1.54, 1.807) is 49.6 Å². The van der Waals surface area contributed by atoms with Gasteiger partial charge in [0.25, 0.3) is 11.1 Å². The highest BCUT2D eigenvalue weighted by Crippen LogP contribution is 2.39. The van der Waals surface area contributed by atoms with E-state index in [1.807, 2.05) is 6.07 Å². The lowest BCUT2D eigenvalue weighted by Gasteiger charge is -2.12. The van der Waals surface area contributed by atoms with E-state index >= 15 is 0 Å². The van der Waals surface area contributed by atoms with Gasteiger partial charge < -0.3 is 9.47 Å². The maximum Gasteiger partial charge on any atom is 0.298 e. The predicted molar refractivity (Wildman–Crippen MR) is 102 cm³/mol. The summed E-state index contributed by atoms with van der Waals surface area (Å²) in [4.78, 5) is 26.4. The molecule has 1 saturated heterocycles.